The summed E-state index contributed by atoms with van der Waals surface area (Å²) in [5.41, 5.74) is 1.67. The summed E-state index contributed by atoms with van der Waals surface area (Å²) in [4.78, 5) is 12.4. The van der Waals surface area contributed by atoms with Crippen molar-refractivity contribution in [2.45, 2.75) is 39.7 Å². The number of hydrogen-bond acceptors (Lipinski definition) is 3. The topological polar surface area (TPSA) is 47.8 Å². The van der Waals surface area contributed by atoms with Gasteiger partial charge < -0.3 is 0 Å². The molecule has 0 aliphatic carbocycles. The van der Waals surface area contributed by atoms with Gasteiger partial charge in [-0.1, -0.05) is 31.2 Å². The van der Waals surface area contributed by atoms with Crippen LogP contribution in [0.5, 0.6) is 0 Å². The molecule has 0 aliphatic heterocycles. The van der Waals surface area contributed by atoms with Crippen LogP contribution >= 0.6 is 0 Å². The summed E-state index contributed by atoms with van der Waals surface area (Å²) < 4.78 is 1.44. The summed E-state index contributed by atoms with van der Waals surface area (Å²) in [6.45, 7) is 8.02. The maximum absolute atomic E-state index is 12.4. The summed E-state index contributed by atoms with van der Waals surface area (Å²) in [5, 5.41) is 8.78. The monoisotopic (exact) mass is 231 g/mol. The van der Waals surface area contributed by atoms with E-state index in [9.17, 15) is 4.79 Å². The van der Waals surface area contributed by atoms with E-state index < -0.39 is 0 Å². The van der Waals surface area contributed by atoms with Gasteiger partial charge in [-0.25, -0.2) is 4.68 Å². The molecule has 0 amide bonds. The molecule has 0 bridgehead atoms. The molecule has 2 rings (SSSR count). The first-order valence-corrected chi connectivity index (χ1v) is 5.90. The van der Waals surface area contributed by atoms with Gasteiger partial charge in [-0.2, -0.15) is 0 Å². The van der Waals surface area contributed by atoms with E-state index in [2.05, 4.69) is 24.2 Å². The number of hydrogen-bond donors (Lipinski definition) is 0. The van der Waals surface area contributed by atoms with Gasteiger partial charge in [0, 0.05) is 0 Å². The second-order valence-electron chi connectivity index (χ2n) is 4.83. The Morgan fingerprint density at radius 2 is 1.88 bits per heavy atom. The van der Waals surface area contributed by atoms with Crippen LogP contribution in [0.2, 0.25) is 0 Å². The normalized spacial score (nSPS) is 11.6. The molecule has 1 aromatic heterocycles. The first kappa shape index (κ1) is 11.8. The van der Waals surface area contributed by atoms with Crippen molar-refractivity contribution in [3.8, 4) is 0 Å². The van der Waals surface area contributed by atoms with Gasteiger partial charge in [0.25, 0.3) is 5.56 Å². The van der Waals surface area contributed by atoms with Crippen molar-refractivity contribution >= 4 is 10.9 Å². The van der Waals surface area contributed by atoms with Gasteiger partial charge in [-0.3, -0.25) is 4.79 Å². The highest BCUT2D eigenvalue weighted by Gasteiger charge is 2.13. The van der Waals surface area contributed by atoms with E-state index in [0.717, 1.165) is 5.56 Å². The fraction of sp³-hybridized carbons (Fsp3) is 0.462. The molecule has 0 aliphatic rings. The van der Waals surface area contributed by atoms with Crippen molar-refractivity contribution in [1.82, 2.24) is 15.0 Å². The van der Waals surface area contributed by atoms with Crippen LogP contribution in [0.4, 0.5) is 0 Å². The van der Waals surface area contributed by atoms with E-state index in [-0.39, 0.29) is 11.6 Å². The van der Waals surface area contributed by atoms with Gasteiger partial charge in [0.05, 0.1) is 11.4 Å². The van der Waals surface area contributed by atoms with Crippen molar-refractivity contribution in [2.75, 3.05) is 0 Å². The third-order valence-corrected chi connectivity index (χ3v) is 2.86. The second-order valence-corrected chi connectivity index (χ2v) is 4.83. The van der Waals surface area contributed by atoms with Gasteiger partial charge in [0.2, 0.25) is 0 Å². The van der Waals surface area contributed by atoms with Crippen molar-refractivity contribution in [2.24, 2.45) is 0 Å². The summed E-state index contributed by atoms with van der Waals surface area (Å²) in [5.74, 6) is 0.302. The Kier molecular flexibility index (Phi) is 2.96. The smallest absolute Gasteiger partial charge is 0.267 e. The van der Waals surface area contributed by atoms with Crippen LogP contribution in [0.25, 0.3) is 10.9 Å². The zero-order chi connectivity index (χ0) is 12.6. The fourth-order valence-corrected chi connectivity index (χ4v) is 1.94. The SMILES string of the molecule is CC(C)c1cccc2nnn(C(C)C)c(=O)c12. The van der Waals surface area contributed by atoms with E-state index in [1.165, 1.54) is 4.68 Å². The van der Waals surface area contributed by atoms with Gasteiger partial charge in [0.1, 0.15) is 5.52 Å². The first-order chi connectivity index (χ1) is 8.02. The molecule has 0 spiro atoms. The maximum atomic E-state index is 12.4. The Hall–Kier alpha value is -1.71. The average molecular weight is 231 g/mol. The molecule has 0 fully saturated rings. The van der Waals surface area contributed by atoms with Crippen LogP contribution in [0.3, 0.4) is 0 Å². The van der Waals surface area contributed by atoms with Crippen LogP contribution in [-0.2, 0) is 0 Å². The summed E-state index contributed by atoms with van der Waals surface area (Å²) in [7, 11) is 0. The Balaban J connectivity index is 2.87. The van der Waals surface area contributed by atoms with Crippen LogP contribution in [0, 0.1) is 0 Å². The zero-order valence-electron chi connectivity index (χ0n) is 10.6. The molecule has 90 valence electrons. The maximum Gasteiger partial charge on any atom is 0.278 e. The number of fused-ring (bicyclic) bond motifs is 1. The minimum absolute atomic E-state index is 0.0274. The third kappa shape index (κ3) is 1.95. The fourth-order valence-electron chi connectivity index (χ4n) is 1.94. The third-order valence-electron chi connectivity index (χ3n) is 2.86. The lowest BCUT2D eigenvalue weighted by Gasteiger charge is -2.12. The van der Waals surface area contributed by atoms with Gasteiger partial charge in [-0.15, -0.1) is 5.10 Å². The molecule has 0 atom stereocenters. The van der Waals surface area contributed by atoms with Crippen molar-refractivity contribution in [1.29, 1.82) is 0 Å². The minimum atomic E-state index is -0.0469. The Bertz CT molecular complexity index is 599. The van der Waals surface area contributed by atoms with Crippen molar-refractivity contribution in [3.05, 3.63) is 34.1 Å². The quantitative estimate of drug-likeness (QED) is 0.797. The molecule has 1 heterocycles. The predicted octanol–water partition coefficient (Wildman–Crippen LogP) is 2.50. The Morgan fingerprint density at radius 1 is 1.18 bits per heavy atom. The molecular weight excluding hydrogens is 214 g/mol. The highest BCUT2D eigenvalue weighted by atomic mass is 16.1. The highest BCUT2D eigenvalue weighted by Crippen LogP contribution is 2.21. The number of benzene rings is 1. The lowest BCUT2D eigenvalue weighted by atomic mass is 9.99. The molecule has 0 unspecified atom stereocenters. The predicted molar refractivity (Wildman–Crippen MR) is 68.3 cm³/mol. The Morgan fingerprint density at radius 3 is 2.47 bits per heavy atom. The number of rotatable bonds is 2. The Labute approximate surface area is 100 Å². The standard InChI is InChI=1S/C13H17N3O/c1-8(2)10-6-5-7-11-12(10)13(17)16(9(3)4)15-14-11/h5-9H,1-4H3. The molecule has 2 aromatic rings. The molecule has 0 N–H and O–H groups in total. The molecule has 17 heavy (non-hydrogen) atoms. The number of aromatic nitrogens is 3. The summed E-state index contributed by atoms with van der Waals surface area (Å²) >= 11 is 0. The summed E-state index contributed by atoms with van der Waals surface area (Å²) in [6, 6.07) is 5.77. The van der Waals surface area contributed by atoms with E-state index in [1.807, 2.05) is 32.0 Å². The van der Waals surface area contributed by atoms with Crippen molar-refractivity contribution in [3.63, 3.8) is 0 Å². The van der Waals surface area contributed by atoms with Crippen LogP contribution in [0.15, 0.2) is 23.0 Å². The van der Waals surface area contributed by atoms with E-state index >= 15 is 0 Å². The number of nitrogens with zero attached hydrogens (tertiary/aromatic N) is 3. The lowest BCUT2D eigenvalue weighted by molar-refractivity contribution is 0.481. The second kappa shape index (κ2) is 4.28. The molecule has 0 saturated heterocycles. The van der Waals surface area contributed by atoms with E-state index in [1.54, 1.807) is 0 Å². The molecule has 1 aromatic carbocycles. The molecule has 4 nitrogen and oxygen atoms in total. The molecular formula is C13H17N3O. The molecule has 4 heteroatoms. The van der Waals surface area contributed by atoms with Crippen LogP contribution < -0.4 is 5.56 Å². The lowest BCUT2D eigenvalue weighted by Crippen LogP contribution is -2.26. The van der Waals surface area contributed by atoms with Gasteiger partial charge in [-0.05, 0) is 31.4 Å². The zero-order valence-corrected chi connectivity index (χ0v) is 10.6. The largest absolute Gasteiger partial charge is 0.278 e. The highest BCUT2D eigenvalue weighted by molar-refractivity contribution is 5.81. The molecule has 0 saturated carbocycles. The van der Waals surface area contributed by atoms with E-state index in [0.29, 0.717) is 16.8 Å². The van der Waals surface area contributed by atoms with Gasteiger partial charge >= 0.3 is 0 Å². The first-order valence-electron chi connectivity index (χ1n) is 5.90. The minimum Gasteiger partial charge on any atom is -0.267 e. The van der Waals surface area contributed by atoms with Crippen LogP contribution in [0.1, 0.15) is 45.2 Å². The summed E-state index contributed by atoms with van der Waals surface area (Å²) in [6.07, 6.45) is 0. The van der Waals surface area contributed by atoms with E-state index in [4.69, 9.17) is 0 Å². The average Bonchev–Trinajstić information content (AvgIpc) is 2.28. The van der Waals surface area contributed by atoms with Gasteiger partial charge in [0.15, 0.2) is 0 Å². The van der Waals surface area contributed by atoms with Crippen LogP contribution in [-0.4, -0.2) is 15.0 Å². The molecule has 0 radical (unpaired) electrons. The van der Waals surface area contributed by atoms with Crippen molar-refractivity contribution < 1.29 is 0 Å².